The van der Waals surface area contributed by atoms with E-state index in [9.17, 15) is 14.4 Å². The summed E-state index contributed by atoms with van der Waals surface area (Å²) in [5.41, 5.74) is 1.07. The third-order valence-electron chi connectivity index (χ3n) is 9.09. The Morgan fingerprint density at radius 2 is 1.89 bits per heavy atom. The van der Waals surface area contributed by atoms with E-state index in [0.717, 1.165) is 38.5 Å². The second-order valence-corrected chi connectivity index (χ2v) is 10.2. The highest BCUT2D eigenvalue weighted by atomic mass is 16.5. The zero-order chi connectivity index (χ0) is 20.3. The lowest BCUT2D eigenvalue weighted by atomic mass is 9.46. The van der Waals surface area contributed by atoms with Gasteiger partial charge in [-0.2, -0.15) is 0 Å². The minimum atomic E-state index is -0.338. The molecule has 0 saturated heterocycles. The van der Waals surface area contributed by atoms with Gasteiger partial charge in [0, 0.05) is 24.2 Å². The van der Waals surface area contributed by atoms with Gasteiger partial charge in [-0.15, -0.1) is 0 Å². The van der Waals surface area contributed by atoms with E-state index in [1.165, 1.54) is 5.57 Å². The highest BCUT2D eigenvalue weighted by molar-refractivity contribution is 5.92. The Balaban J connectivity index is 1.69. The van der Waals surface area contributed by atoms with Crippen molar-refractivity contribution >= 4 is 17.5 Å². The van der Waals surface area contributed by atoms with Crippen LogP contribution in [0, 0.1) is 34.5 Å². The van der Waals surface area contributed by atoms with Gasteiger partial charge in [0.1, 0.15) is 11.9 Å². The van der Waals surface area contributed by atoms with Gasteiger partial charge in [0.05, 0.1) is 0 Å². The summed E-state index contributed by atoms with van der Waals surface area (Å²) >= 11 is 0. The number of hydrogen-bond acceptors (Lipinski definition) is 4. The summed E-state index contributed by atoms with van der Waals surface area (Å²) in [5, 5.41) is 0. The van der Waals surface area contributed by atoms with Crippen LogP contribution in [0.1, 0.15) is 79.1 Å². The Morgan fingerprint density at radius 3 is 2.57 bits per heavy atom. The fraction of sp³-hybridized carbons (Fsp3) is 0.792. The molecule has 0 aliphatic heterocycles. The van der Waals surface area contributed by atoms with E-state index < -0.39 is 0 Å². The Bertz CT molecular complexity index is 737. The van der Waals surface area contributed by atoms with Crippen LogP contribution in [0.4, 0.5) is 0 Å². The Kier molecular flexibility index (Phi) is 4.83. The van der Waals surface area contributed by atoms with Crippen LogP contribution in [-0.2, 0) is 19.1 Å². The summed E-state index contributed by atoms with van der Waals surface area (Å²) in [6.07, 6.45) is 8.46. The first-order chi connectivity index (χ1) is 13.2. The molecule has 154 valence electrons. The van der Waals surface area contributed by atoms with Crippen molar-refractivity contribution in [1.29, 1.82) is 0 Å². The molecule has 0 aromatic rings. The van der Waals surface area contributed by atoms with Crippen LogP contribution >= 0.6 is 0 Å². The van der Waals surface area contributed by atoms with Gasteiger partial charge in [-0.1, -0.05) is 26.3 Å². The molecule has 28 heavy (non-hydrogen) atoms. The third-order valence-corrected chi connectivity index (χ3v) is 9.09. The number of esters is 1. The monoisotopic (exact) mass is 386 g/mol. The van der Waals surface area contributed by atoms with Crippen LogP contribution in [-0.4, -0.2) is 23.6 Å². The molecule has 7 atom stereocenters. The first-order valence-corrected chi connectivity index (χ1v) is 11.2. The molecule has 0 heterocycles. The number of fused-ring (bicyclic) bond motifs is 5. The van der Waals surface area contributed by atoms with Crippen molar-refractivity contribution in [1.82, 2.24) is 0 Å². The molecule has 0 spiro atoms. The average Bonchev–Trinajstić information content (AvgIpc) is 3.00. The van der Waals surface area contributed by atoms with Crippen LogP contribution in [0.3, 0.4) is 0 Å². The Hall–Kier alpha value is -1.45. The molecule has 0 aromatic carbocycles. The van der Waals surface area contributed by atoms with Gasteiger partial charge < -0.3 is 4.74 Å². The van der Waals surface area contributed by atoms with Crippen molar-refractivity contribution in [2.24, 2.45) is 34.5 Å². The number of rotatable bonds is 3. The molecule has 0 aromatic heterocycles. The standard InChI is InChI=1S/C24H34O4/c1-5-22(27)28-21-13-16(26)12-15-6-7-17-19-9-8-18(14(2)25)23(19,3)11-10-20(17)24(15,21)4/h12,17-21H,5-11,13H2,1-4H3/t17-,18+,19-,20-,21?,23+,24-/m0/s1. The van der Waals surface area contributed by atoms with Gasteiger partial charge in [-0.05, 0) is 74.7 Å². The van der Waals surface area contributed by atoms with E-state index in [-0.39, 0.29) is 34.6 Å². The molecule has 0 bridgehead atoms. The fourth-order valence-electron chi connectivity index (χ4n) is 7.66. The maximum atomic E-state index is 12.3. The smallest absolute Gasteiger partial charge is 0.305 e. The van der Waals surface area contributed by atoms with Crippen molar-refractivity contribution in [2.45, 2.75) is 85.2 Å². The predicted octanol–water partition coefficient (Wildman–Crippen LogP) is 4.66. The molecule has 4 aliphatic carbocycles. The quantitative estimate of drug-likeness (QED) is 0.662. The van der Waals surface area contributed by atoms with E-state index in [1.807, 2.05) is 13.0 Å². The lowest BCUT2D eigenvalue weighted by Gasteiger charge is -2.59. The van der Waals surface area contributed by atoms with Crippen LogP contribution in [0.2, 0.25) is 0 Å². The van der Waals surface area contributed by atoms with Crippen molar-refractivity contribution in [3.05, 3.63) is 11.6 Å². The second kappa shape index (κ2) is 6.81. The van der Waals surface area contributed by atoms with Crippen molar-refractivity contribution in [3.8, 4) is 0 Å². The average molecular weight is 387 g/mol. The molecule has 0 radical (unpaired) electrons. The van der Waals surface area contributed by atoms with E-state index in [2.05, 4.69) is 13.8 Å². The minimum absolute atomic E-state index is 0.0954. The lowest BCUT2D eigenvalue weighted by Crippen LogP contribution is -2.56. The molecule has 4 aliphatic rings. The maximum Gasteiger partial charge on any atom is 0.305 e. The number of ketones is 2. The van der Waals surface area contributed by atoms with Crippen LogP contribution in [0.5, 0.6) is 0 Å². The number of carbonyl (C=O) groups excluding carboxylic acids is 3. The van der Waals surface area contributed by atoms with Crippen molar-refractivity contribution in [2.75, 3.05) is 0 Å². The summed E-state index contributed by atoms with van der Waals surface area (Å²) in [6.45, 7) is 8.16. The van der Waals surface area contributed by atoms with Crippen LogP contribution in [0.25, 0.3) is 0 Å². The molecule has 4 heteroatoms. The van der Waals surface area contributed by atoms with Crippen LogP contribution < -0.4 is 0 Å². The zero-order valence-electron chi connectivity index (χ0n) is 17.8. The molecule has 3 fully saturated rings. The summed E-state index contributed by atoms with van der Waals surface area (Å²) in [6, 6.07) is 0. The molecular formula is C24H34O4. The number of hydrogen-bond donors (Lipinski definition) is 0. The molecule has 0 amide bonds. The third kappa shape index (κ3) is 2.74. The van der Waals surface area contributed by atoms with Gasteiger partial charge in [-0.25, -0.2) is 0 Å². The minimum Gasteiger partial charge on any atom is -0.461 e. The van der Waals surface area contributed by atoms with E-state index in [0.29, 0.717) is 36.4 Å². The molecule has 3 saturated carbocycles. The molecule has 1 unspecified atom stereocenters. The first kappa shape index (κ1) is 19.8. The van der Waals surface area contributed by atoms with Gasteiger partial charge in [0.25, 0.3) is 0 Å². The molecule has 4 nitrogen and oxygen atoms in total. The number of Topliss-reactive ketones (excluding diaryl/α,β-unsaturated/α-hetero) is 1. The normalized spacial score (nSPS) is 44.8. The first-order valence-electron chi connectivity index (χ1n) is 11.2. The largest absolute Gasteiger partial charge is 0.461 e. The number of ether oxygens (including phenoxy) is 1. The summed E-state index contributed by atoms with van der Waals surface area (Å²) in [7, 11) is 0. The fourth-order valence-corrected chi connectivity index (χ4v) is 7.66. The summed E-state index contributed by atoms with van der Waals surface area (Å²) in [4.78, 5) is 36.8. The van der Waals surface area contributed by atoms with Gasteiger partial charge in [0.15, 0.2) is 5.78 Å². The maximum absolute atomic E-state index is 12.3. The van der Waals surface area contributed by atoms with Gasteiger partial charge in [-0.3, -0.25) is 14.4 Å². The van der Waals surface area contributed by atoms with E-state index in [4.69, 9.17) is 4.74 Å². The zero-order valence-corrected chi connectivity index (χ0v) is 17.8. The Labute approximate surface area is 168 Å². The second-order valence-electron chi connectivity index (χ2n) is 10.2. The molecule has 0 N–H and O–H groups in total. The molecule has 4 rings (SSSR count). The van der Waals surface area contributed by atoms with Crippen molar-refractivity contribution < 1.29 is 19.1 Å². The predicted molar refractivity (Wildman–Crippen MR) is 106 cm³/mol. The summed E-state index contributed by atoms with van der Waals surface area (Å²) < 4.78 is 5.87. The van der Waals surface area contributed by atoms with Gasteiger partial charge in [0.2, 0.25) is 0 Å². The van der Waals surface area contributed by atoms with E-state index in [1.54, 1.807) is 6.92 Å². The summed E-state index contributed by atoms with van der Waals surface area (Å²) in [5.74, 6) is 1.99. The topological polar surface area (TPSA) is 60.4 Å². The SMILES string of the molecule is CCC(=O)OC1CC(=O)C=C2CC[C@H]3[C@@H]4CC[C@H](C(C)=O)[C@@]4(C)CC[C@@H]3[C@]21C. The highest BCUT2D eigenvalue weighted by Crippen LogP contribution is 2.66. The van der Waals surface area contributed by atoms with Crippen LogP contribution in [0.15, 0.2) is 11.6 Å². The number of carbonyl (C=O) groups is 3. The van der Waals surface area contributed by atoms with Gasteiger partial charge >= 0.3 is 5.97 Å². The van der Waals surface area contributed by atoms with E-state index >= 15 is 0 Å². The lowest BCUT2D eigenvalue weighted by molar-refractivity contribution is -0.166. The van der Waals surface area contributed by atoms with Crippen molar-refractivity contribution in [3.63, 3.8) is 0 Å². The molecular weight excluding hydrogens is 352 g/mol. The Morgan fingerprint density at radius 1 is 1.14 bits per heavy atom. The highest BCUT2D eigenvalue weighted by Gasteiger charge is 2.62.